The summed E-state index contributed by atoms with van der Waals surface area (Å²) in [6.45, 7) is 0.850. The molecule has 0 aliphatic carbocycles. The predicted octanol–water partition coefficient (Wildman–Crippen LogP) is 1.51. The zero-order valence-electron chi connectivity index (χ0n) is 8.77. The third-order valence-corrected chi connectivity index (χ3v) is 1.89. The summed E-state index contributed by atoms with van der Waals surface area (Å²) < 4.78 is 41.6. The van der Waals surface area contributed by atoms with Crippen LogP contribution < -0.4 is 10.5 Å². The molecule has 3 N–H and O–H groups in total. The van der Waals surface area contributed by atoms with Gasteiger partial charge in [-0.3, -0.25) is 0 Å². The van der Waals surface area contributed by atoms with Crippen molar-refractivity contribution in [3.05, 3.63) is 24.0 Å². The van der Waals surface area contributed by atoms with Gasteiger partial charge in [-0.05, 0) is 19.1 Å². The summed E-state index contributed by atoms with van der Waals surface area (Å²) in [5.74, 6) is -0.623. The highest BCUT2D eigenvalue weighted by molar-refractivity contribution is 5.97. The van der Waals surface area contributed by atoms with Crippen molar-refractivity contribution >= 4 is 5.84 Å². The van der Waals surface area contributed by atoms with Crippen LogP contribution in [0.2, 0.25) is 0 Å². The van der Waals surface area contributed by atoms with E-state index >= 15 is 0 Å². The van der Waals surface area contributed by atoms with E-state index in [4.69, 9.17) is 10.9 Å². The van der Waals surface area contributed by atoms with Gasteiger partial charge in [-0.15, -0.1) is 0 Å². The van der Waals surface area contributed by atoms with Gasteiger partial charge in [0.25, 0.3) is 0 Å². The minimum Gasteiger partial charge on any atom is -0.479 e. The van der Waals surface area contributed by atoms with Crippen LogP contribution in [-0.2, 0) is 0 Å². The monoisotopic (exact) mass is 249 g/mol. The molecule has 0 saturated heterocycles. The molecule has 0 aromatic carbocycles. The van der Waals surface area contributed by atoms with Crippen molar-refractivity contribution in [2.75, 3.05) is 0 Å². The molecule has 0 aliphatic heterocycles. The normalized spacial score (nSPS) is 14.5. The lowest BCUT2D eigenvalue weighted by Gasteiger charge is -2.18. The van der Waals surface area contributed by atoms with Crippen LogP contribution in [0.5, 0.6) is 5.75 Å². The van der Waals surface area contributed by atoms with Gasteiger partial charge < -0.3 is 15.7 Å². The zero-order valence-corrected chi connectivity index (χ0v) is 8.77. The molecule has 0 spiro atoms. The van der Waals surface area contributed by atoms with E-state index in [1.54, 1.807) is 0 Å². The Hall–Kier alpha value is -1.99. The Kier molecular flexibility index (Phi) is 3.77. The van der Waals surface area contributed by atoms with Gasteiger partial charge in [0, 0.05) is 6.20 Å². The molecule has 1 aromatic rings. The second-order valence-corrected chi connectivity index (χ2v) is 3.14. The molecule has 0 saturated carbocycles. The molecule has 17 heavy (non-hydrogen) atoms. The number of hydrogen-bond donors (Lipinski definition) is 2. The highest BCUT2D eigenvalue weighted by atomic mass is 19.4. The number of amidine groups is 1. The van der Waals surface area contributed by atoms with Gasteiger partial charge in [-0.2, -0.15) is 13.2 Å². The maximum Gasteiger partial charge on any atom is 0.425 e. The van der Waals surface area contributed by atoms with Crippen molar-refractivity contribution in [2.24, 2.45) is 10.9 Å². The fraction of sp³-hybridized carbons (Fsp3) is 0.333. The first-order valence-corrected chi connectivity index (χ1v) is 4.52. The number of halogens is 3. The van der Waals surface area contributed by atoms with Gasteiger partial charge in [-0.1, -0.05) is 5.16 Å². The van der Waals surface area contributed by atoms with E-state index in [-0.39, 0.29) is 11.4 Å². The summed E-state index contributed by atoms with van der Waals surface area (Å²) in [5.41, 5.74) is 5.11. The fourth-order valence-electron chi connectivity index (χ4n) is 0.983. The van der Waals surface area contributed by atoms with Crippen molar-refractivity contribution in [2.45, 2.75) is 19.2 Å². The number of nitrogens with zero attached hydrogens (tertiary/aromatic N) is 2. The number of ether oxygens (including phenoxy) is 1. The molecule has 0 bridgehead atoms. The number of alkyl halides is 3. The van der Waals surface area contributed by atoms with Gasteiger partial charge >= 0.3 is 6.18 Å². The Morgan fingerprint density at radius 3 is 2.76 bits per heavy atom. The highest BCUT2D eigenvalue weighted by Crippen LogP contribution is 2.26. The maximum absolute atomic E-state index is 12.3. The minimum absolute atomic E-state index is 0.147. The minimum atomic E-state index is -4.50. The molecule has 0 radical (unpaired) electrons. The average molecular weight is 249 g/mol. The van der Waals surface area contributed by atoms with Crippen LogP contribution in [0.1, 0.15) is 12.6 Å². The first kappa shape index (κ1) is 13.1. The Balaban J connectivity index is 2.99. The number of hydrogen-bond acceptors (Lipinski definition) is 4. The Morgan fingerprint density at radius 2 is 2.24 bits per heavy atom. The van der Waals surface area contributed by atoms with Crippen molar-refractivity contribution in [1.82, 2.24) is 4.98 Å². The molecule has 8 heteroatoms. The Labute approximate surface area is 94.7 Å². The molecule has 0 fully saturated rings. The topological polar surface area (TPSA) is 80.7 Å². The second-order valence-electron chi connectivity index (χ2n) is 3.14. The molecule has 1 unspecified atom stereocenters. The second kappa shape index (κ2) is 4.89. The maximum atomic E-state index is 12.3. The van der Waals surface area contributed by atoms with Gasteiger partial charge in [0.05, 0.1) is 0 Å². The lowest BCUT2D eigenvalue weighted by Crippen LogP contribution is -2.32. The van der Waals surface area contributed by atoms with E-state index in [1.807, 2.05) is 0 Å². The lowest BCUT2D eigenvalue weighted by molar-refractivity contribution is -0.189. The predicted molar refractivity (Wildman–Crippen MR) is 52.9 cm³/mol. The van der Waals surface area contributed by atoms with Crippen LogP contribution >= 0.6 is 0 Å². The van der Waals surface area contributed by atoms with Gasteiger partial charge in [0.1, 0.15) is 5.75 Å². The largest absolute Gasteiger partial charge is 0.479 e. The SMILES string of the molecule is CC(Oc1cccnc1/C(N)=N/O)C(F)(F)F. The van der Waals surface area contributed by atoms with Crippen molar-refractivity contribution in [3.8, 4) is 5.75 Å². The third kappa shape index (κ3) is 3.23. The van der Waals surface area contributed by atoms with E-state index in [1.165, 1.54) is 18.3 Å². The van der Waals surface area contributed by atoms with Crippen LogP contribution in [0.3, 0.4) is 0 Å². The Bertz CT molecular complexity index is 420. The molecule has 0 aliphatic rings. The van der Waals surface area contributed by atoms with Gasteiger partial charge in [-0.25, -0.2) is 4.98 Å². The molecule has 5 nitrogen and oxygen atoms in total. The summed E-state index contributed by atoms with van der Waals surface area (Å²) in [4.78, 5) is 3.68. The average Bonchev–Trinajstić information content (AvgIpc) is 2.27. The van der Waals surface area contributed by atoms with E-state index in [0.29, 0.717) is 0 Å². The number of pyridine rings is 1. The smallest absolute Gasteiger partial charge is 0.425 e. The fourth-order valence-corrected chi connectivity index (χ4v) is 0.983. The molecule has 1 aromatic heterocycles. The molecular weight excluding hydrogens is 239 g/mol. The van der Waals surface area contributed by atoms with Crippen LogP contribution in [0.25, 0.3) is 0 Å². The van der Waals surface area contributed by atoms with Crippen LogP contribution in [0.4, 0.5) is 13.2 Å². The molecule has 1 heterocycles. The number of rotatable bonds is 3. The number of nitrogens with two attached hydrogens (primary N) is 1. The molecule has 1 rings (SSSR count). The molecule has 1 atom stereocenters. The first-order valence-electron chi connectivity index (χ1n) is 4.52. The summed E-state index contributed by atoms with van der Waals surface area (Å²) in [5, 5.41) is 11.1. The standard InChI is InChI=1S/C9H10F3N3O2/c1-5(9(10,11)12)17-6-3-2-4-14-7(6)8(13)15-16/h2-5,16H,1H3,(H2,13,15). The third-order valence-electron chi connectivity index (χ3n) is 1.89. The van der Waals surface area contributed by atoms with Crippen molar-refractivity contribution in [1.29, 1.82) is 0 Å². The quantitative estimate of drug-likeness (QED) is 0.368. The van der Waals surface area contributed by atoms with E-state index < -0.39 is 18.1 Å². The summed E-state index contributed by atoms with van der Waals surface area (Å²) >= 11 is 0. The van der Waals surface area contributed by atoms with Crippen LogP contribution in [0.15, 0.2) is 23.5 Å². The summed E-state index contributed by atoms with van der Waals surface area (Å²) in [6.07, 6.45) is -5.23. The molecular formula is C9H10F3N3O2. The first-order chi connectivity index (χ1) is 7.86. The molecule has 0 amide bonds. The number of oxime groups is 1. The van der Waals surface area contributed by atoms with E-state index in [0.717, 1.165) is 6.92 Å². The van der Waals surface area contributed by atoms with Gasteiger partial charge in [0.2, 0.25) is 0 Å². The molecule has 94 valence electrons. The zero-order chi connectivity index (χ0) is 13.1. The highest BCUT2D eigenvalue weighted by Gasteiger charge is 2.38. The summed E-state index contributed by atoms with van der Waals surface area (Å²) in [6, 6.07) is 2.63. The van der Waals surface area contributed by atoms with E-state index in [9.17, 15) is 13.2 Å². The lowest BCUT2D eigenvalue weighted by atomic mass is 10.3. The van der Waals surface area contributed by atoms with Crippen LogP contribution in [-0.4, -0.2) is 28.3 Å². The van der Waals surface area contributed by atoms with Crippen molar-refractivity contribution in [3.63, 3.8) is 0 Å². The number of aromatic nitrogens is 1. The van der Waals surface area contributed by atoms with E-state index in [2.05, 4.69) is 14.9 Å². The summed E-state index contributed by atoms with van der Waals surface area (Å²) in [7, 11) is 0. The van der Waals surface area contributed by atoms with Gasteiger partial charge in [0.15, 0.2) is 17.6 Å². The van der Waals surface area contributed by atoms with Crippen molar-refractivity contribution < 1.29 is 23.1 Å². The van der Waals surface area contributed by atoms with Crippen LogP contribution in [0, 0.1) is 0 Å². The Morgan fingerprint density at radius 1 is 1.59 bits per heavy atom.